The quantitative estimate of drug-likeness (QED) is 0.877. The summed E-state index contributed by atoms with van der Waals surface area (Å²) in [6.07, 6.45) is 2.14. The highest BCUT2D eigenvalue weighted by molar-refractivity contribution is 5.18. The molecule has 0 unspecified atom stereocenters. The van der Waals surface area contributed by atoms with Gasteiger partial charge >= 0.3 is 0 Å². The minimum atomic E-state index is -0.520. The molecule has 0 amide bonds. The van der Waals surface area contributed by atoms with Crippen molar-refractivity contribution in [2.75, 3.05) is 19.6 Å². The van der Waals surface area contributed by atoms with Gasteiger partial charge in [-0.15, -0.1) is 0 Å². The number of likely N-dealkylation sites (tertiary alicyclic amines) is 1. The molecular weight excluding hydrogens is 222 g/mol. The number of hydrogen-bond donors (Lipinski definition) is 1. The Morgan fingerprint density at radius 3 is 2.53 bits per heavy atom. The van der Waals surface area contributed by atoms with E-state index in [-0.39, 0.29) is 0 Å². The normalized spacial score (nSPS) is 18.5. The van der Waals surface area contributed by atoms with E-state index in [1.54, 1.807) is 0 Å². The van der Waals surface area contributed by atoms with Crippen molar-refractivity contribution >= 4 is 0 Å². The zero-order valence-electron chi connectivity index (χ0n) is 9.83. The molecule has 0 saturated carbocycles. The van der Waals surface area contributed by atoms with Gasteiger partial charge in [-0.25, -0.2) is 8.78 Å². The number of piperidine rings is 1. The van der Waals surface area contributed by atoms with Crippen LogP contribution >= 0.6 is 0 Å². The molecule has 0 radical (unpaired) electrons. The van der Waals surface area contributed by atoms with E-state index in [1.807, 2.05) is 0 Å². The first-order valence-corrected chi connectivity index (χ1v) is 6.05. The fourth-order valence-corrected chi connectivity index (χ4v) is 2.27. The summed E-state index contributed by atoms with van der Waals surface area (Å²) in [5, 5.41) is 0. The van der Waals surface area contributed by atoms with Crippen molar-refractivity contribution in [1.29, 1.82) is 0 Å². The summed E-state index contributed by atoms with van der Waals surface area (Å²) in [7, 11) is 0. The van der Waals surface area contributed by atoms with Gasteiger partial charge in [0.15, 0.2) is 0 Å². The molecule has 1 aromatic rings. The lowest BCUT2D eigenvalue weighted by molar-refractivity contribution is 0.178. The molecule has 0 spiro atoms. The average molecular weight is 240 g/mol. The van der Waals surface area contributed by atoms with Crippen molar-refractivity contribution in [3.63, 3.8) is 0 Å². The first-order chi connectivity index (χ1) is 8.19. The molecule has 0 aromatic heterocycles. The number of halogens is 2. The van der Waals surface area contributed by atoms with E-state index in [2.05, 4.69) is 4.90 Å². The van der Waals surface area contributed by atoms with Crippen LogP contribution in [-0.4, -0.2) is 24.5 Å². The fourth-order valence-electron chi connectivity index (χ4n) is 2.27. The average Bonchev–Trinajstić information content (AvgIpc) is 2.34. The van der Waals surface area contributed by atoms with E-state index in [9.17, 15) is 8.78 Å². The zero-order valence-corrected chi connectivity index (χ0v) is 9.83. The van der Waals surface area contributed by atoms with Crippen molar-refractivity contribution in [3.8, 4) is 0 Å². The number of benzene rings is 1. The predicted molar refractivity (Wildman–Crippen MR) is 63.4 cm³/mol. The van der Waals surface area contributed by atoms with Gasteiger partial charge in [-0.3, -0.25) is 4.90 Å². The third-order valence-electron chi connectivity index (χ3n) is 3.45. The lowest BCUT2D eigenvalue weighted by Gasteiger charge is -2.31. The Hall–Kier alpha value is -1.00. The van der Waals surface area contributed by atoms with Crippen molar-refractivity contribution in [2.24, 2.45) is 11.7 Å². The molecule has 2 N–H and O–H groups in total. The summed E-state index contributed by atoms with van der Waals surface area (Å²) in [4.78, 5) is 2.20. The van der Waals surface area contributed by atoms with Gasteiger partial charge < -0.3 is 5.73 Å². The Bertz CT molecular complexity index is 374. The summed E-state index contributed by atoms with van der Waals surface area (Å²) >= 11 is 0. The molecule has 1 heterocycles. The SMILES string of the molecule is NCC1CCN(Cc2ccc(F)cc2F)CC1. The molecule has 0 aliphatic carbocycles. The van der Waals surface area contributed by atoms with Crippen LogP contribution in [0, 0.1) is 17.6 Å². The van der Waals surface area contributed by atoms with Crippen LogP contribution in [0.4, 0.5) is 8.78 Å². The molecule has 0 atom stereocenters. The molecule has 94 valence electrons. The second-order valence-corrected chi connectivity index (χ2v) is 4.69. The van der Waals surface area contributed by atoms with Crippen LogP contribution in [0.5, 0.6) is 0 Å². The summed E-state index contributed by atoms with van der Waals surface area (Å²) in [6, 6.07) is 3.78. The van der Waals surface area contributed by atoms with Crippen LogP contribution in [0.2, 0.25) is 0 Å². The van der Waals surface area contributed by atoms with E-state index in [1.165, 1.54) is 12.1 Å². The van der Waals surface area contributed by atoms with Gasteiger partial charge in [-0.1, -0.05) is 6.07 Å². The maximum absolute atomic E-state index is 13.5. The van der Waals surface area contributed by atoms with E-state index >= 15 is 0 Å². The van der Waals surface area contributed by atoms with Crippen molar-refractivity contribution < 1.29 is 8.78 Å². The van der Waals surface area contributed by atoms with Crippen LogP contribution in [-0.2, 0) is 6.54 Å². The first-order valence-electron chi connectivity index (χ1n) is 6.05. The lowest BCUT2D eigenvalue weighted by atomic mass is 9.97. The largest absolute Gasteiger partial charge is 0.330 e. The number of rotatable bonds is 3. The standard InChI is InChI=1S/C13H18F2N2/c14-12-2-1-11(13(15)7-12)9-17-5-3-10(8-16)4-6-17/h1-2,7,10H,3-6,8-9,16H2. The van der Waals surface area contributed by atoms with Crippen LogP contribution < -0.4 is 5.73 Å². The van der Waals surface area contributed by atoms with Crippen LogP contribution in [0.15, 0.2) is 18.2 Å². The monoisotopic (exact) mass is 240 g/mol. The second-order valence-electron chi connectivity index (χ2n) is 4.69. The molecule has 1 aromatic carbocycles. The van der Waals surface area contributed by atoms with Crippen molar-refractivity contribution in [1.82, 2.24) is 4.90 Å². The van der Waals surface area contributed by atoms with Gasteiger partial charge in [0, 0.05) is 18.2 Å². The molecule has 0 bridgehead atoms. The van der Waals surface area contributed by atoms with Gasteiger partial charge in [0.1, 0.15) is 11.6 Å². The summed E-state index contributed by atoms with van der Waals surface area (Å²) in [6.45, 7) is 3.18. The molecule has 2 rings (SSSR count). The Kier molecular flexibility index (Phi) is 4.07. The smallest absolute Gasteiger partial charge is 0.130 e. The summed E-state index contributed by atoms with van der Waals surface area (Å²) < 4.78 is 26.2. The first kappa shape index (κ1) is 12.5. The van der Waals surface area contributed by atoms with E-state index in [4.69, 9.17) is 5.73 Å². The minimum Gasteiger partial charge on any atom is -0.330 e. The molecule has 2 nitrogen and oxygen atoms in total. The second kappa shape index (κ2) is 5.56. The zero-order chi connectivity index (χ0) is 12.3. The molecule has 1 aliphatic heterocycles. The predicted octanol–water partition coefficient (Wildman–Crippen LogP) is 2.14. The highest BCUT2D eigenvalue weighted by Crippen LogP contribution is 2.19. The highest BCUT2D eigenvalue weighted by atomic mass is 19.1. The Balaban J connectivity index is 1.93. The third kappa shape index (κ3) is 3.23. The van der Waals surface area contributed by atoms with Crippen molar-refractivity contribution in [2.45, 2.75) is 19.4 Å². The Labute approximate surface area is 100 Å². The fraction of sp³-hybridized carbons (Fsp3) is 0.538. The highest BCUT2D eigenvalue weighted by Gasteiger charge is 2.18. The number of nitrogens with zero attached hydrogens (tertiary/aromatic N) is 1. The molecule has 1 fully saturated rings. The Morgan fingerprint density at radius 1 is 1.24 bits per heavy atom. The number of hydrogen-bond acceptors (Lipinski definition) is 2. The third-order valence-corrected chi connectivity index (χ3v) is 3.45. The topological polar surface area (TPSA) is 29.3 Å². The minimum absolute atomic E-state index is 0.453. The molecule has 17 heavy (non-hydrogen) atoms. The summed E-state index contributed by atoms with van der Waals surface area (Å²) in [5.74, 6) is -0.372. The van der Waals surface area contributed by atoms with Gasteiger partial charge in [-0.05, 0) is 44.5 Å². The van der Waals surface area contributed by atoms with Crippen LogP contribution in [0.25, 0.3) is 0 Å². The summed E-state index contributed by atoms with van der Waals surface area (Å²) in [5.41, 5.74) is 6.19. The van der Waals surface area contributed by atoms with Crippen molar-refractivity contribution in [3.05, 3.63) is 35.4 Å². The molecule has 1 saturated heterocycles. The van der Waals surface area contributed by atoms with Gasteiger partial charge in [-0.2, -0.15) is 0 Å². The molecule has 4 heteroatoms. The van der Waals surface area contributed by atoms with Crippen LogP contribution in [0.3, 0.4) is 0 Å². The van der Waals surface area contributed by atoms with Gasteiger partial charge in [0.2, 0.25) is 0 Å². The maximum Gasteiger partial charge on any atom is 0.130 e. The van der Waals surface area contributed by atoms with E-state index in [0.29, 0.717) is 18.0 Å². The lowest BCUT2D eigenvalue weighted by Crippen LogP contribution is -2.35. The molecule has 1 aliphatic rings. The van der Waals surface area contributed by atoms with E-state index in [0.717, 1.165) is 38.5 Å². The number of nitrogens with two attached hydrogens (primary N) is 1. The van der Waals surface area contributed by atoms with E-state index < -0.39 is 11.6 Å². The maximum atomic E-state index is 13.5. The Morgan fingerprint density at radius 2 is 1.94 bits per heavy atom. The van der Waals surface area contributed by atoms with Gasteiger partial charge in [0.25, 0.3) is 0 Å². The molecular formula is C13H18F2N2. The van der Waals surface area contributed by atoms with Crippen LogP contribution in [0.1, 0.15) is 18.4 Å². The van der Waals surface area contributed by atoms with Gasteiger partial charge in [0.05, 0.1) is 0 Å².